The van der Waals surface area contributed by atoms with E-state index in [4.69, 9.17) is 11.6 Å². The highest BCUT2D eigenvalue weighted by atomic mass is 35.5. The topological polar surface area (TPSA) is 72.7 Å². The second kappa shape index (κ2) is 9.44. The number of hydrogen-bond donors (Lipinski definition) is 1. The minimum atomic E-state index is -0.125. The lowest BCUT2D eigenvalue weighted by molar-refractivity contribution is -0.113. The molecule has 0 saturated carbocycles. The summed E-state index contributed by atoms with van der Waals surface area (Å²) < 4.78 is 1.89. The molecule has 0 bridgehead atoms. The van der Waals surface area contributed by atoms with Crippen molar-refractivity contribution in [2.24, 2.45) is 0 Å². The lowest BCUT2D eigenvalue weighted by atomic mass is 10.1. The molecular weight excluding hydrogens is 454 g/mol. The smallest absolute Gasteiger partial charge is 0.234 e. The summed E-state index contributed by atoms with van der Waals surface area (Å²) in [6.07, 6.45) is 3.43. The van der Waals surface area contributed by atoms with Crippen molar-refractivity contribution in [1.82, 2.24) is 19.7 Å². The molecule has 0 aliphatic rings. The van der Waals surface area contributed by atoms with E-state index in [-0.39, 0.29) is 11.7 Å². The van der Waals surface area contributed by atoms with Gasteiger partial charge in [-0.25, -0.2) is 0 Å². The van der Waals surface area contributed by atoms with Crippen LogP contribution in [0.3, 0.4) is 0 Å². The van der Waals surface area contributed by atoms with Crippen LogP contribution in [0.2, 0.25) is 5.02 Å². The first-order valence-corrected chi connectivity index (χ1v) is 11.6. The summed E-state index contributed by atoms with van der Waals surface area (Å²) in [7, 11) is 0. The van der Waals surface area contributed by atoms with E-state index in [1.54, 1.807) is 12.4 Å². The van der Waals surface area contributed by atoms with E-state index in [9.17, 15) is 4.79 Å². The Morgan fingerprint density at radius 3 is 2.67 bits per heavy atom. The number of carbonyl (C=O) groups excluding carboxylic acids is 1. The quantitative estimate of drug-likeness (QED) is 0.314. The number of rotatable bonds is 6. The molecular formula is C25H18ClN5OS. The lowest BCUT2D eigenvalue weighted by Gasteiger charge is -2.11. The van der Waals surface area contributed by atoms with Gasteiger partial charge in [-0.05, 0) is 41.8 Å². The second-order valence-corrected chi connectivity index (χ2v) is 8.61. The molecule has 2 heterocycles. The van der Waals surface area contributed by atoms with E-state index >= 15 is 0 Å². The summed E-state index contributed by atoms with van der Waals surface area (Å²) in [6.45, 7) is 0. The van der Waals surface area contributed by atoms with Gasteiger partial charge in [0.05, 0.1) is 11.4 Å². The third-order valence-electron chi connectivity index (χ3n) is 5.02. The standard InChI is InChI=1S/C25H18ClN5OS/c26-19-9-4-10-20(14-19)31-24(18-8-5-13-27-15-18)29-30-25(31)33-16-23(32)28-22-12-3-7-17-6-1-2-11-21(17)22/h1-15H,16H2,(H,28,32). The van der Waals surface area contributed by atoms with Gasteiger partial charge in [-0.15, -0.1) is 10.2 Å². The van der Waals surface area contributed by atoms with Crippen molar-refractivity contribution in [3.8, 4) is 17.1 Å². The number of thioether (sulfide) groups is 1. The molecule has 0 unspecified atom stereocenters. The molecule has 162 valence electrons. The predicted molar refractivity (Wildman–Crippen MR) is 133 cm³/mol. The van der Waals surface area contributed by atoms with Crippen molar-refractivity contribution in [3.63, 3.8) is 0 Å². The number of aromatic nitrogens is 4. The minimum absolute atomic E-state index is 0.125. The van der Waals surface area contributed by atoms with Crippen LogP contribution in [0.1, 0.15) is 0 Å². The first kappa shape index (κ1) is 21.2. The van der Waals surface area contributed by atoms with Gasteiger partial charge in [-0.1, -0.05) is 65.8 Å². The molecule has 2 aromatic heterocycles. The minimum Gasteiger partial charge on any atom is -0.325 e. The van der Waals surface area contributed by atoms with E-state index in [0.717, 1.165) is 27.7 Å². The van der Waals surface area contributed by atoms with Crippen LogP contribution in [0.5, 0.6) is 0 Å². The molecule has 6 nitrogen and oxygen atoms in total. The molecule has 0 spiro atoms. The number of amides is 1. The molecule has 8 heteroatoms. The number of benzene rings is 3. The first-order valence-electron chi connectivity index (χ1n) is 10.2. The van der Waals surface area contributed by atoms with Crippen LogP contribution >= 0.6 is 23.4 Å². The molecule has 0 atom stereocenters. The van der Waals surface area contributed by atoms with E-state index in [2.05, 4.69) is 20.5 Å². The number of hydrogen-bond acceptors (Lipinski definition) is 5. The third-order valence-corrected chi connectivity index (χ3v) is 6.18. The van der Waals surface area contributed by atoms with Crippen LogP contribution in [0.4, 0.5) is 5.69 Å². The van der Waals surface area contributed by atoms with Gasteiger partial charge in [0.2, 0.25) is 5.91 Å². The lowest BCUT2D eigenvalue weighted by Crippen LogP contribution is -2.14. The Labute approximate surface area is 199 Å². The maximum absolute atomic E-state index is 12.8. The Balaban J connectivity index is 1.41. The van der Waals surface area contributed by atoms with E-state index in [1.165, 1.54) is 11.8 Å². The molecule has 33 heavy (non-hydrogen) atoms. The summed E-state index contributed by atoms with van der Waals surface area (Å²) in [5.74, 6) is 0.678. The summed E-state index contributed by atoms with van der Waals surface area (Å²) in [5, 5.41) is 15.0. The number of anilines is 1. The first-order chi connectivity index (χ1) is 16.2. The van der Waals surface area contributed by atoms with E-state index in [1.807, 2.05) is 83.4 Å². The Bertz CT molecular complexity index is 1430. The zero-order chi connectivity index (χ0) is 22.6. The normalized spacial score (nSPS) is 10.9. The van der Waals surface area contributed by atoms with Crippen molar-refractivity contribution in [3.05, 3.63) is 96.3 Å². The maximum atomic E-state index is 12.8. The average Bonchev–Trinajstić information content (AvgIpc) is 3.28. The molecule has 5 rings (SSSR count). The van der Waals surface area contributed by atoms with E-state index in [0.29, 0.717) is 16.0 Å². The Morgan fingerprint density at radius 1 is 0.970 bits per heavy atom. The van der Waals surface area contributed by atoms with Gasteiger partial charge in [0, 0.05) is 34.1 Å². The summed E-state index contributed by atoms with van der Waals surface area (Å²) in [4.78, 5) is 17.0. The molecule has 1 amide bonds. The van der Waals surface area contributed by atoms with Gasteiger partial charge in [0.25, 0.3) is 0 Å². The highest BCUT2D eigenvalue weighted by Gasteiger charge is 2.18. The van der Waals surface area contributed by atoms with Crippen molar-refractivity contribution in [2.45, 2.75) is 5.16 Å². The molecule has 1 N–H and O–H groups in total. The van der Waals surface area contributed by atoms with Crippen molar-refractivity contribution in [2.75, 3.05) is 11.1 Å². The molecule has 0 fully saturated rings. The summed E-state index contributed by atoms with van der Waals surface area (Å²) in [5.41, 5.74) is 2.41. The highest BCUT2D eigenvalue weighted by Crippen LogP contribution is 2.29. The number of fused-ring (bicyclic) bond motifs is 1. The number of pyridine rings is 1. The van der Waals surface area contributed by atoms with Gasteiger partial charge in [0.1, 0.15) is 0 Å². The highest BCUT2D eigenvalue weighted by molar-refractivity contribution is 7.99. The van der Waals surface area contributed by atoms with Gasteiger partial charge in [0.15, 0.2) is 11.0 Å². The fraction of sp³-hybridized carbons (Fsp3) is 0.0400. The van der Waals surface area contributed by atoms with Crippen LogP contribution in [0.15, 0.2) is 96.4 Å². The maximum Gasteiger partial charge on any atom is 0.234 e. The van der Waals surface area contributed by atoms with Gasteiger partial charge in [-0.2, -0.15) is 0 Å². The molecule has 0 saturated heterocycles. The van der Waals surface area contributed by atoms with Crippen LogP contribution in [0, 0.1) is 0 Å². The zero-order valence-electron chi connectivity index (χ0n) is 17.4. The molecule has 0 aliphatic carbocycles. The van der Waals surface area contributed by atoms with Crippen LogP contribution < -0.4 is 5.32 Å². The second-order valence-electron chi connectivity index (χ2n) is 7.23. The average molecular weight is 472 g/mol. The number of carbonyl (C=O) groups is 1. The molecule has 3 aromatic carbocycles. The summed E-state index contributed by atoms with van der Waals surface area (Å²) in [6, 6.07) is 25.0. The predicted octanol–water partition coefficient (Wildman–Crippen LogP) is 5.87. The number of nitrogens with one attached hydrogen (secondary N) is 1. The SMILES string of the molecule is O=C(CSc1nnc(-c2cccnc2)n1-c1cccc(Cl)c1)Nc1cccc2ccccc12. The van der Waals surface area contributed by atoms with Crippen LogP contribution in [-0.2, 0) is 4.79 Å². The van der Waals surface area contributed by atoms with Gasteiger partial charge >= 0.3 is 0 Å². The number of nitrogens with zero attached hydrogens (tertiary/aromatic N) is 4. The molecule has 0 aliphatic heterocycles. The molecule has 0 radical (unpaired) electrons. The van der Waals surface area contributed by atoms with Crippen LogP contribution in [-0.4, -0.2) is 31.4 Å². The Hall–Kier alpha value is -3.68. The Kier molecular flexibility index (Phi) is 6.06. The zero-order valence-corrected chi connectivity index (χ0v) is 18.9. The van der Waals surface area contributed by atoms with Crippen molar-refractivity contribution in [1.29, 1.82) is 0 Å². The fourth-order valence-corrected chi connectivity index (χ4v) is 4.48. The van der Waals surface area contributed by atoms with Crippen LogP contribution in [0.25, 0.3) is 27.8 Å². The van der Waals surface area contributed by atoms with Crippen molar-refractivity contribution < 1.29 is 4.79 Å². The summed E-state index contributed by atoms with van der Waals surface area (Å²) >= 11 is 7.55. The monoisotopic (exact) mass is 471 g/mol. The Morgan fingerprint density at radius 2 is 1.82 bits per heavy atom. The largest absolute Gasteiger partial charge is 0.325 e. The van der Waals surface area contributed by atoms with Gasteiger partial charge < -0.3 is 5.32 Å². The molecule has 5 aromatic rings. The fourth-order valence-electron chi connectivity index (χ4n) is 3.54. The van der Waals surface area contributed by atoms with Crippen molar-refractivity contribution >= 4 is 45.7 Å². The third kappa shape index (κ3) is 4.60. The number of halogens is 1. The van der Waals surface area contributed by atoms with Gasteiger partial charge in [-0.3, -0.25) is 14.3 Å². The van der Waals surface area contributed by atoms with E-state index < -0.39 is 0 Å².